The van der Waals surface area contributed by atoms with E-state index in [0.717, 1.165) is 68.9 Å². The summed E-state index contributed by atoms with van der Waals surface area (Å²) in [4.78, 5) is 16.1. The highest BCUT2D eigenvalue weighted by Crippen LogP contribution is 2.31. The van der Waals surface area contributed by atoms with E-state index in [1.165, 1.54) is 15.8 Å². The zero-order valence-electron chi connectivity index (χ0n) is 18.2. The maximum atomic E-state index is 11.0. The minimum atomic E-state index is -0.253. The van der Waals surface area contributed by atoms with Gasteiger partial charge in [-0.1, -0.05) is 18.2 Å². The first kappa shape index (κ1) is 21.0. The van der Waals surface area contributed by atoms with E-state index in [1.54, 1.807) is 0 Å². The van der Waals surface area contributed by atoms with Crippen molar-refractivity contribution in [2.45, 2.75) is 18.9 Å². The summed E-state index contributed by atoms with van der Waals surface area (Å²) in [7, 11) is 0. The fourth-order valence-electron chi connectivity index (χ4n) is 4.50. The van der Waals surface area contributed by atoms with Gasteiger partial charge in [-0.25, -0.2) is 0 Å². The summed E-state index contributed by atoms with van der Waals surface area (Å²) >= 11 is 1.82. The lowest BCUT2D eigenvalue weighted by molar-refractivity contribution is -0.107. The van der Waals surface area contributed by atoms with Crippen LogP contribution in [0.15, 0.2) is 53.9 Å². The highest BCUT2D eigenvalue weighted by molar-refractivity contribution is 7.17. The Morgan fingerprint density at radius 1 is 1.09 bits per heavy atom. The average Bonchev–Trinajstić information content (AvgIpc) is 3.33. The second-order valence-electron chi connectivity index (χ2n) is 8.41. The molecule has 1 unspecified atom stereocenters. The molecule has 1 aromatic heterocycles. The van der Waals surface area contributed by atoms with Gasteiger partial charge in [0, 0.05) is 53.7 Å². The minimum absolute atomic E-state index is 0.253. The Kier molecular flexibility index (Phi) is 6.41. The highest BCUT2D eigenvalue weighted by Gasteiger charge is 2.18. The molecule has 0 saturated carbocycles. The van der Waals surface area contributed by atoms with Gasteiger partial charge in [0.1, 0.15) is 18.1 Å². The third kappa shape index (κ3) is 4.66. The van der Waals surface area contributed by atoms with Crippen molar-refractivity contribution in [1.82, 2.24) is 4.90 Å². The van der Waals surface area contributed by atoms with E-state index < -0.39 is 0 Å². The molecule has 166 valence electrons. The minimum Gasteiger partial charge on any atom is -0.494 e. The fourth-order valence-corrected chi connectivity index (χ4v) is 5.31. The van der Waals surface area contributed by atoms with Gasteiger partial charge in [0.05, 0.1) is 6.61 Å². The van der Waals surface area contributed by atoms with Crippen molar-refractivity contribution < 1.29 is 9.53 Å². The molecule has 1 fully saturated rings. The van der Waals surface area contributed by atoms with Crippen molar-refractivity contribution in [3.63, 3.8) is 0 Å². The Bertz CT molecular complexity index is 1100. The van der Waals surface area contributed by atoms with E-state index >= 15 is 0 Å². The number of piperazine rings is 1. The molecular formula is C26H29N3O2S. The summed E-state index contributed by atoms with van der Waals surface area (Å²) in [5.41, 5.74) is 3.43. The normalized spacial score (nSPS) is 18.4. The van der Waals surface area contributed by atoms with Crippen LogP contribution in [0.2, 0.25) is 0 Å². The third-order valence-electron chi connectivity index (χ3n) is 6.30. The number of nitrogens with one attached hydrogen (secondary N) is 1. The first-order valence-corrected chi connectivity index (χ1v) is 12.3. The van der Waals surface area contributed by atoms with Gasteiger partial charge in [-0.05, 0) is 60.7 Å². The summed E-state index contributed by atoms with van der Waals surface area (Å²) in [6, 6.07) is 14.7. The topological polar surface area (TPSA) is 44.8 Å². The van der Waals surface area contributed by atoms with Gasteiger partial charge in [-0.3, -0.25) is 4.90 Å². The Morgan fingerprint density at radius 3 is 2.88 bits per heavy atom. The number of rotatable bonds is 8. The van der Waals surface area contributed by atoms with Gasteiger partial charge in [0.15, 0.2) is 0 Å². The zero-order valence-corrected chi connectivity index (χ0v) is 19.0. The third-order valence-corrected chi connectivity index (χ3v) is 7.18. The van der Waals surface area contributed by atoms with Crippen molar-refractivity contribution in [2.75, 3.05) is 49.5 Å². The molecule has 3 aromatic rings. The Morgan fingerprint density at radius 2 is 2.00 bits per heavy atom. The van der Waals surface area contributed by atoms with Crippen LogP contribution in [0.25, 0.3) is 16.2 Å². The first-order chi connectivity index (χ1) is 15.8. The molecule has 2 aromatic carbocycles. The smallest absolute Gasteiger partial charge is 0.146 e. The molecule has 0 bridgehead atoms. The van der Waals surface area contributed by atoms with Crippen LogP contribution in [-0.4, -0.2) is 56.6 Å². The van der Waals surface area contributed by atoms with E-state index in [-0.39, 0.29) is 6.04 Å². The standard InChI is InChI=1S/C26H29N3O2S/c30-19-21-8-6-20-7-9-22(18-24(20)27-21)31-16-2-1-11-28-12-14-29(15-13-28)25-4-3-5-26-23(25)10-17-32-26/h3-10,17-19,21,27H,1-2,11-16H2. The predicted molar refractivity (Wildman–Crippen MR) is 134 cm³/mol. The quantitative estimate of drug-likeness (QED) is 0.394. The molecule has 0 aliphatic carbocycles. The number of hydrogen-bond acceptors (Lipinski definition) is 6. The summed E-state index contributed by atoms with van der Waals surface area (Å²) < 4.78 is 7.34. The molecule has 1 atom stereocenters. The van der Waals surface area contributed by atoms with Crippen molar-refractivity contribution in [3.05, 3.63) is 59.5 Å². The number of aldehydes is 1. The summed E-state index contributed by atoms with van der Waals surface area (Å²) in [5.74, 6) is 0.854. The second kappa shape index (κ2) is 9.76. The first-order valence-electron chi connectivity index (χ1n) is 11.4. The van der Waals surface area contributed by atoms with Gasteiger partial charge in [-0.2, -0.15) is 0 Å². The molecule has 2 aliphatic heterocycles. The Balaban J connectivity index is 1.03. The van der Waals surface area contributed by atoms with Crippen LogP contribution in [0, 0.1) is 0 Å². The summed E-state index contributed by atoms with van der Waals surface area (Å²) in [6.45, 7) is 6.24. The highest BCUT2D eigenvalue weighted by atomic mass is 32.1. The average molecular weight is 448 g/mol. The van der Waals surface area contributed by atoms with Crippen molar-refractivity contribution >= 4 is 45.2 Å². The van der Waals surface area contributed by atoms with Crippen molar-refractivity contribution in [1.29, 1.82) is 0 Å². The molecule has 0 radical (unpaired) electrons. The second-order valence-corrected chi connectivity index (χ2v) is 9.36. The van der Waals surface area contributed by atoms with Crippen LogP contribution in [0.1, 0.15) is 18.4 Å². The van der Waals surface area contributed by atoms with Gasteiger partial charge in [0.25, 0.3) is 0 Å². The lowest BCUT2D eigenvalue weighted by atomic mass is 10.1. The molecule has 1 saturated heterocycles. The van der Waals surface area contributed by atoms with E-state index in [9.17, 15) is 4.79 Å². The number of ether oxygens (including phenoxy) is 1. The Labute approximate surface area is 193 Å². The van der Waals surface area contributed by atoms with Gasteiger partial charge in [-0.15, -0.1) is 11.3 Å². The van der Waals surface area contributed by atoms with E-state index in [1.807, 2.05) is 41.7 Å². The SMILES string of the molecule is O=CC1C=Cc2ccc(OCCCCN3CCN(c4cccc5sccc45)CC3)cc2N1. The molecule has 3 heterocycles. The lowest BCUT2D eigenvalue weighted by Crippen LogP contribution is -2.46. The molecule has 2 aliphatic rings. The number of nitrogens with zero attached hydrogens (tertiary/aromatic N) is 2. The molecule has 5 nitrogen and oxygen atoms in total. The van der Waals surface area contributed by atoms with E-state index in [0.29, 0.717) is 6.61 Å². The lowest BCUT2D eigenvalue weighted by Gasteiger charge is -2.36. The number of carbonyl (C=O) groups is 1. The number of thiophene rings is 1. The molecule has 32 heavy (non-hydrogen) atoms. The van der Waals surface area contributed by atoms with Gasteiger partial charge < -0.3 is 19.7 Å². The van der Waals surface area contributed by atoms with Crippen LogP contribution >= 0.6 is 11.3 Å². The maximum Gasteiger partial charge on any atom is 0.146 e. The predicted octanol–water partition coefficient (Wildman–Crippen LogP) is 4.89. The molecule has 0 amide bonds. The van der Waals surface area contributed by atoms with Crippen molar-refractivity contribution in [3.8, 4) is 5.75 Å². The molecule has 1 N–H and O–H groups in total. The maximum absolute atomic E-state index is 11.0. The molecule has 0 spiro atoms. The number of carbonyl (C=O) groups excluding carboxylic acids is 1. The number of benzene rings is 2. The molecule has 5 rings (SSSR count). The van der Waals surface area contributed by atoms with E-state index in [2.05, 4.69) is 44.8 Å². The molecule has 6 heteroatoms. The molecular weight excluding hydrogens is 418 g/mol. The van der Waals surface area contributed by atoms with Crippen LogP contribution in [-0.2, 0) is 4.79 Å². The largest absolute Gasteiger partial charge is 0.494 e. The van der Waals surface area contributed by atoms with Crippen LogP contribution in [0.4, 0.5) is 11.4 Å². The summed E-state index contributed by atoms with van der Waals surface area (Å²) in [6.07, 6.45) is 6.94. The number of fused-ring (bicyclic) bond motifs is 2. The monoisotopic (exact) mass is 447 g/mol. The number of unbranched alkanes of at least 4 members (excludes halogenated alkanes) is 1. The summed E-state index contributed by atoms with van der Waals surface area (Å²) in [5, 5.41) is 6.78. The van der Waals surface area contributed by atoms with Gasteiger partial charge in [0.2, 0.25) is 0 Å². The fraction of sp³-hybridized carbons (Fsp3) is 0.346. The van der Waals surface area contributed by atoms with Crippen LogP contribution in [0.3, 0.4) is 0 Å². The van der Waals surface area contributed by atoms with Crippen LogP contribution < -0.4 is 15.0 Å². The zero-order chi connectivity index (χ0) is 21.8. The Hall–Kier alpha value is -2.83. The van der Waals surface area contributed by atoms with Crippen molar-refractivity contribution in [2.24, 2.45) is 0 Å². The van der Waals surface area contributed by atoms with Gasteiger partial charge >= 0.3 is 0 Å². The van der Waals surface area contributed by atoms with E-state index in [4.69, 9.17) is 4.74 Å². The number of hydrogen-bond donors (Lipinski definition) is 1. The van der Waals surface area contributed by atoms with Crippen LogP contribution in [0.5, 0.6) is 5.75 Å². The number of anilines is 2.